The third-order valence-corrected chi connectivity index (χ3v) is 7.65. The van der Waals surface area contributed by atoms with E-state index in [0.29, 0.717) is 12.1 Å². The molecule has 42 heavy (non-hydrogen) atoms. The molecule has 4 aromatic rings. The summed E-state index contributed by atoms with van der Waals surface area (Å²) in [6, 6.07) is 9.40. The molecule has 0 atom stereocenters. The molecule has 0 aliphatic carbocycles. The summed E-state index contributed by atoms with van der Waals surface area (Å²) in [7, 11) is 0. The van der Waals surface area contributed by atoms with Crippen LogP contribution in [0.3, 0.4) is 0 Å². The van der Waals surface area contributed by atoms with Gasteiger partial charge in [-0.2, -0.15) is 26.3 Å². The number of aromatic nitrogens is 2. The van der Waals surface area contributed by atoms with Gasteiger partial charge in [-0.05, 0) is 61.4 Å². The van der Waals surface area contributed by atoms with Crippen molar-refractivity contribution in [2.75, 3.05) is 0 Å². The van der Waals surface area contributed by atoms with E-state index in [1.165, 1.54) is 36.4 Å². The molecule has 0 saturated carbocycles. The van der Waals surface area contributed by atoms with E-state index in [0.717, 1.165) is 13.8 Å². The number of benzene rings is 2. The minimum absolute atomic E-state index is 0.163. The van der Waals surface area contributed by atoms with Crippen molar-refractivity contribution in [2.24, 2.45) is 0 Å². The molecule has 0 radical (unpaired) electrons. The molecule has 0 saturated heterocycles. The minimum atomic E-state index is -5.59. The lowest BCUT2D eigenvalue weighted by molar-refractivity contribution is -0.143. The highest BCUT2D eigenvalue weighted by atomic mass is 19.4. The molecule has 1 aliphatic rings. The molecule has 8 bridgehead atoms. The Balaban J connectivity index is 2.04. The van der Waals surface area contributed by atoms with E-state index in [-0.39, 0.29) is 22.8 Å². The normalized spacial score (nSPS) is 15.8. The van der Waals surface area contributed by atoms with Crippen molar-refractivity contribution in [1.29, 1.82) is 0 Å². The van der Waals surface area contributed by atoms with Crippen LogP contribution in [0.25, 0.3) is 22.5 Å². The van der Waals surface area contributed by atoms with Crippen molar-refractivity contribution in [1.82, 2.24) is 9.97 Å². The number of pyridine rings is 2. The van der Waals surface area contributed by atoms with Gasteiger partial charge in [0.15, 0.2) is 0 Å². The van der Waals surface area contributed by atoms with Gasteiger partial charge in [0, 0.05) is 22.0 Å². The van der Waals surface area contributed by atoms with Gasteiger partial charge in [-0.15, -0.1) is 0 Å². The summed E-state index contributed by atoms with van der Waals surface area (Å²) >= 11 is 0. The Morgan fingerprint density at radius 3 is 1.21 bits per heavy atom. The topological polar surface area (TPSA) is 25.8 Å². The van der Waals surface area contributed by atoms with E-state index < -0.39 is 79.8 Å². The Bertz CT molecular complexity index is 1630. The second-order valence-electron chi connectivity index (χ2n) is 11.0. The molecule has 12 heteroatoms. The highest BCUT2D eigenvalue weighted by Crippen LogP contribution is 2.48. The van der Waals surface area contributed by atoms with Crippen molar-refractivity contribution in [2.45, 2.75) is 50.9 Å². The Morgan fingerprint density at radius 1 is 0.524 bits per heavy atom. The van der Waals surface area contributed by atoms with Crippen LogP contribution >= 0.6 is 0 Å². The van der Waals surface area contributed by atoms with Gasteiger partial charge in [0.25, 0.3) is 0 Å². The largest absolute Gasteiger partial charge is 0.422 e. The summed E-state index contributed by atoms with van der Waals surface area (Å²) in [4.78, 5) is 8.69. The number of alkyl halides is 6. The monoisotopic (exact) mass is 598 g/mol. The van der Waals surface area contributed by atoms with Gasteiger partial charge in [-0.3, -0.25) is 9.97 Å². The van der Waals surface area contributed by atoms with Crippen LogP contribution in [0.15, 0.2) is 48.5 Å². The molecule has 5 rings (SSSR count). The zero-order valence-electron chi connectivity index (χ0n) is 22.3. The van der Waals surface area contributed by atoms with Gasteiger partial charge in [-0.25, -0.2) is 17.6 Å². The zero-order valence-corrected chi connectivity index (χ0v) is 22.3. The van der Waals surface area contributed by atoms with Gasteiger partial charge in [-0.1, -0.05) is 26.0 Å². The predicted molar refractivity (Wildman–Crippen MR) is 133 cm³/mol. The highest BCUT2D eigenvalue weighted by molar-refractivity contribution is 5.68. The third-order valence-electron chi connectivity index (χ3n) is 7.65. The quantitative estimate of drug-likeness (QED) is 0.189. The number of nitrogens with zero attached hydrogens (tertiary/aromatic N) is 2. The molecule has 0 N–H and O–H groups in total. The van der Waals surface area contributed by atoms with Crippen LogP contribution in [-0.2, 0) is 23.2 Å². The fourth-order valence-electron chi connectivity index (χ4n) is 5.20. The summed E-state index contributed by atoms with van der Waals surface area (Å²) in [6.45, 7) is 5.08. The number of fused-ring (bicyclic) bond motifs is 10. The van der Waals surface area contributed by atoms with Crippen LogP contribution in [-0.4, -0.2) is 9.97 Å². The zero-order chi connectivity index (χ0) is 31.2. The summed E-state index contributed by atoms with van der Waals surface area (Å²) < 4.78 is 147. The van der Waals surface area contributed by atoms with E-state index in [9.17, 15) is 26.3 Å². The Kier molecular flexibility index (Phi) is 6.52. The third kappa shape index (κ3) is 4.42. The van der Waals surface area contributed by atoms with Crippen molar-refractivity contribution in [3.63, 3.8) is 0 Å². The van der Waals surface area contributed by atoms with E-state index >= 15 is 17.6 Å². The van der Waals surface area contributed by atoms with Crippen molar-refractivity contribution in [3.05, 3.63) is 105 Å². The second-order valence-corrected chi connectivity index (χ2v) is 11.0. The molecule has 1 aliphatic heterocycles. The molecular weight excluding hydrogens is 578 g/mol. The Morgan fingerprint density at radius 2 is 0.881 bits per heavy atom. The van der Waals surface area contributed by atoms with Gasteiger partial charge < -0.3 is 0 Å². The smallest absolute Gasteiger partial charge is 0.252 e. The van der Waals surface area contributed by atoms with Crippen LogP contribution in [0, 0.1) is 23.3 Å². The first-order valence-electron chi connectivity index (χ1n) is 12.4. The van der Waals surface area contributed by atoms with E-state index in [1.807, 2.05) is 0 Å². The lowest BCUT2D eigenvalue weighted by Crippen LogP contribution is -2.28. The molecule has 0 unspecified atom stereocenters. The number of rotatable bonds is 0. The first-order valence-corrected chi connectivity index (χ1v) is 12.4. The van der Waals surface area contributed by atoms with E-state index in [4.69, 9.17) is 0 Å². The average molecular weight is 598 g/mol. The minimum Gasteiger partial charge on any atom is -0.252 e. The first kappa shape index (κ1) is 29.5. The standard InChI is InChI=1S/C30H20F10N2/c1-27(2)15-11-13(23(31)21(25(15)33)29(35,36)37)17-7-5-9-19(41-17)28(3,4)20-10-6-8-18(42-20)14-12-16(27)26(34)22(24(14)32)30(38,39)40/h5-12H,1-4H3. The molecule has 220 valence electrons. The van der Waals surface area contributed by atoms with Gasteiger partial charge in [0.05, 0.1) is 22.8 Å². The van der Waals surface area contributed by atoms with Gasteiger partial charge >= 0.3 is 12.4 Å². The lowest BCUT2D eigenvalue weighted by atomic mass is 9.74. The highest BCUT2D eigenvalue weighted by Gasteiger charge is 2.46. The average Bonchev–Trinajstić information content (AvgIpc) is 2.86. The molecule has 0 amide bonds. The maximum atomic E-state index is 15.7. The van der Waals surface area contributed by atoms with Crippen LogP contribution in [0.2, 0.25) is 0 Å². The van der Waals surface area contributed by atoms with Crippen LogP contribution < -0.4 is 0 Å². The van der Waals surface area contributed by atoms with Crippen LogP contribution in [0.5, 0.6) is 0 Å². The molecular formula is C30H20F10N2. The molecule has 2 nitrogen and oxygen atoms in total. The first-order chi connectivity index (χ1) is 19.3. The second kappa shape index (κ2) is 9.27. The Labute approximate surface area is 233 Å². The van der Waals surface area contributed by atoms with Crippen molar-refractivity contribution in [3.8, 4) is 22.5 Å². The van der Waals surface area contributed by atoms with Crippen LogP contribution in [0.1, 0.15) is 61.3 Å². The summed E-state index contributed by atoms with van der Waals surface area (Å²) in [5.41, 5.74) is -12.2. The number of hydrogen-bond acceptors (Lipinski definition) is 2. The fraction of sp³-hybridized carbons (Fsp3) is 0.267. The molecule has 3 heterocycles. The van der Waals surface area contributed by atoms with E-state index in [2.05, 4.69) is 9.97 Å². The van der Waals surface area contributed by atoms with Gasteiger partial charge in [0.2, 0.25) is 0 Å². The van der Waals surface area contributed by atoms with Gasteiger partial charge in [0.1, 0.15) is 34.4 Å². The summed E-state index contributed by atoms with van der Waals surface area (Å²) in [5, 5.41) is 0. The molecule has 2 aromatic carbocycles. The maximum absolute atomic E-state index is 15.7. The molecule has 2 aromatic heterocycles. The lowest BCUT2D eigenvalue weighted by Gasteiger charge is -2.31. The van der Waals surface area contributed by atoms with E-state index in [1.54, 1.807) is 13.8 Å². The van der Waals surface area contributed by atoms with Crippen molar-refractivity contribution < 1.29 is 43.9 Å². The molecule has 0 spiro atoms. The summed E-state index contributed by atoms with van der Waals surface area (Å²) in [6.07, 6.45) is -11.2. The predicted octanol–water partition coefficient (Wildman–Crippen LogP) is 9.37. The maximum Gasteiger partial charge on any atom is 0.422 e. The fourth-order valence-corrected chi connectivity index (χ4v) is 5.20. The van der Waals surface area contributed by atoms with Crippen LogP contribution in [0.4, 0.5) is 43.9 Å². The summed E-state index contributed by atoms with van der Waals surface area (Å²) in [5.74, 6) is -8.33. The molecule has 0 fully saturated rings. The SMILES string of the molecule is CC1(C)c2cccc(n2)-c2cc(c(F)c(C(F)(F)F)c2F)C(C)(C)c2cc(c(F)c(C(F)(F)F)c2F)-c2cccc1n2. The Hall–Kier alpha value is -3.96. The van der Waals surface area contributed by atoms with Crippen molar-refractivity contribution >= 4 is 0 Å². The number of hydrogen-bond donors (Lipinski definition) is 0. The number of halogens is 10.